The SMILES string of the molecule is CN1C=c2c(oc3ccccc23)=CB1[n+]1cccn1C.C[C@@H]1N(B2C=c3oc4ccccc4c3=CN2C)c2cccnc2N1c1ccccc1.C[C@@H]1N(B2C=c3oc4ccccc4c3=CN2C)c2nccnc2N1c1ccccc1.Cc1n(C)c(B2C=c3oc4ccccc4c3=CN2C)c[n+]1-c1ccccc1. The summed E-state index contributed by atoms with van der Waals surface area (Å²) in [6.45, 7) is 6.78. The van der Waals surface area contributed by atoms with Crippen LogP contribution in [-0.2, 0) is 14.1 Å². The second kappa shape index (κ2) is 26.9. The van der Waals surface area contributed by atoms with Gasteiger partial charge >= 0.3 is 27.8 Å². The lowest BCUT2D eigenvalue weighted by Gasteiger charge is -2.36. The van der Waals surface area contributed by atoms with Crippen molar-refractivity contribution in [2.75, 3.05) is 47.6 Å². The van der Waals surface area contributed by atoms with Crippen LogP contribution in [0.5, 0.6) is 0 Å². The molecule has 0 unspecified atom stereocenters. The standard InChI is InChI=1S/C24H21BN4O.C23H20BN5O.C22H21BN3O.C15H15BN3O/c1-17-28(18-9-4-3-5-10-18)24-21(12-8-14-26-24)29(17)25-15-23-20(16-27(25)2)19-11-6-7-13-22(19)30-23;1-16-28(17-8-4-3-5-9-17)22-23(26-13-12-25-22)29(16)24-14-21-19(15-27(24)2)18-10-6-7-11-20(18)30-21;1-16-25(3)22(15-26(16)17-9-5-4-6-10-17)23-13-21-19(14-24(23)2)18-11-7-8-12-20(18)27-21;1-17-11-13-12-6-3-4-7-14(12)20-15(13)10-16(17)19-9-5-8-18(19)2/h3-17H,1-2H3;3-16H,1-2H3;4-15H,1-3H3;3-11H,1-2H3/q;;2*+1/t17-;16-;;/m00../s1. The van der Waals surface area contributed by atoms with Crippen LogP contribution in [0.15, 0.2) is 261 Å². The Morgan fingerprint density at radius 2 is 0.832 bits per heavy atom. The summed E-state index contributed by atoms with van der Waals surface area (Å²) < 4.78 is 33.2. The van der Waals surface area contributed by atoms with Crippen LogP contribution in [0.1, 0.15) is 19.7 Å². The van der Waals surface area contributed by atoms with E-state index in [0.717, 1.165) is 116 Å². The summed E-state index contributed by atoms with van der Waals surface area (Å²) >= 11 is 0. The molecule has 0 N–H and O–H groups in total. The Labute approximate surface area is 619 Å². The highest BCUT2D eigenvalue weighted by atomic mass is 16.3. The first-order chi connectivity index (χ1) is 52.3. The maximum absolute atomic E-state index is 6.19. The second-order valence-electron chi connectivity index (χ2n) is 27.9. The van der Waals surface area contributed by atoms with Crippen molar-refractivity contribution >= 4 is 160 Å². The van der Waals surface area contributed by atoms with Crippen LogP contribution in [0.4, 0.5) is 34.5 Å². The summed E-state index contributed by atoms with van der Waals surface area (Å²) in [4.78, 5) is 32.3. The Morgan fingerprint density at radius 1 is 0.402 bits per heavy atom. The Kier molecular flexibility index (Phi) is 16.6. The number of fused-ring (bicyclic) bond motifs is 14. The number of aryl methyl sites for hydroxylation is 1. The summed E-state index contributed by atoms with van der Waals surface area (Å²) in [6, 6.07) is 70.2. The van der Waals surface area contributed by atoms with E-state index in [1.807, 2.05) is 123 Å². The van der Waals surface area contributed by atoms with Crippen molar-refractivity contribution in [2.45, 2.75) is 33.1 Å². The van der Waals surface area contributed by atoms with Gasteiger partial charge < -0.3 is 56.3 Å². The fourth-order valence-corrected chi connectivity index (χ4v) is 16.1. The largest absolute Gasteiger partial charge is 0.672 e. The molecule has 2 atom stereocenters. The molecule has 23 heteroatoms. The van der Waals surface area contributed by atoms with Gasteiger partial charge in [0.2, 0.25) is 0 Å². The van der Waals surface area contributed by atoms with Gasteiger partial charge in [-0.15, -0.1) is 0 Å². The molecule has 21 rings (SSSR count). The van der Waals surface area contributed by atoms with Gasteiger partial charge in [0.05, 0.1) is 38.3 Å². The third-order valence-electron chi connectivity index (χ3n) is 21.5. The molecular weight excluding hydrogens is 1330 g/mol. The minimum atomic E-state index is -0.0442. The molecule has 14 heterocycles. The van der Waals surface area contributed by atoms with Gasteiger partial charge in [-0.25, -0.2) is 24.1 Å². The van der Waals surface area contributed by atoms with Crippen LogP contribution in [0, 0.1) is 6.92 Å². The molecule has 0 saturated carbocycles. The molecule has 522 valence electrons. The number of hydrogen-bond acceptors (Lipinski definition) is 15. The molecule has 0 bridgehead atoms. The average Bonchev–Trinajstić information content (AvgIpc) is 1.59. The Bertz CT molecular complexity index is 6250. The number of anilines is 6. The predicted octanol–water partition coefficient (Wildman–Crippen LogP) is 7.40. The average molecular weight is 1400 g/mol. The summed E-state index contributed by atoms with van der Waals surface area (Å²) in [5, 5.41) is 9.20. The van der Waals surface area contributed by atoms with Gasteiger partial charge in [-0.3, -0.25) is 0 Å². The van der Waals surface area contributed by atoms with Crippen molar-refractivity contribution in [1.29, 1.82) is 0 Å². The first-order valence-corrected chi connectivity index (χ1v) is 36.2. The molecule has 15 aromatic rings. The molecule has 7 aromatic carbocycles. The zero-order valence-electron chi connectivity index (χ0n) is 61.0. The summed E-state index contributed by atoms with van der Waals surface area (Å²) in [6.07, 6.45) is 20.6. The van der Waals surface area contributed by atoms with Crippen LogP contribution in [0.3, 0.4) is 0 Å². The second-order valence-corrected chi connectivity index (χ2v) is 27.9. The minimum Gasteiger partial charge on any atom is -0.457 e. The van der Waals surface area contributed by atoms with Crippen LogP contribution in [0.2, 0.25) is 0 Å². The lowest BCUT2D eigenvalue weighted by atomic mass is 9.56. The summed E-state index contributed by atoms with van der Waals surface area (Å²) in [5.41, 5.74) is 13.2. The van der Waals surface area contributed by atoms with Crippen LogP contribution in [0.25, 0.3) is 98.3 Å². The number of imidazole rings is 1. The van der Waals surface area contributed by atoms with Gasteiger partial charge in [-0.05, 0) is 139 Å². The lowest BCUT2D eigenvalue weighted by Crippen LogP contribution is -2.64. The quantitative estimate of drug-likeness (QED) is 0.116. The van der Waals surface area contributed by atoms with Crippen LogP contribution in [-0.4, -0.2) is 112 Å². The van der Waals surface area contributed by atoms with Crippen molar-refractivity contribution in [3.05, 3.63) is 292 Å². The van der Waals surface area contributed by atoms with Gasteiger partial charge in [-0.2, -0.15) is 9.27 Å². The van der Waals surface area contributed by atoms with E-state index in [-0.39, 0.29) is 40.1 Å². The topological polar surface area (TPSA) is 135 Å². The number of para-hydroxylation sites is 7. The van der Waals surface area contributed by atoms with Crippen LogP contribution < -0.4 is 76.7 Å². The predicted molar refractivity (Wildman–Crippen MR) is 431 cm³/mol. The highest BCUT2D eigenvalue weighted by Gasteiger charge is 2.45. The van der Waals surface area contributed by atoms with E-state index >= 15 is 0 Å². The van der Waals surface area contributed by atoms with Gasteiger partial charge in [0, 0.05) is 110 Å². The molecule has 0 saturated heterocycles. The number of furan rings is 4. The highest BCUT2D eigenvalue weighted by molar-refractivity contribution is 6.83. The molecule has 107 heavy (non-hydrogen) atoms. The number of pyridine rings is 1. The molecule has 0 radical (unpaired) electrons. The number of benzene rings is 7. The van der Waals surface area contributed by atoms with E-state index in [4.69, 9.17) is 27.6 Å². The van der Waals surface area contributed by atoms with Gasteiger partial charge in [-0.1, -0.05) is 127 Å². The first kappa shape index (κ1) is 66.0. The van der Waals surface area contributed by atoms with E-state index in [1.165, 1.54) is 22.5 Å². The zero-order valence-corrected chi connectivity index (χ0v) is 61.0. The Balaban J connectivity index is 0.000000102. The monoisotopic (exact) mass is 1400 g/mol. The molecule has 8 aromatic heterocycles. The first-order valence-electron chi connectivity index (χ1n) is 36.2. The smallest absolute Gasteiger partial charge is 0.457 e. The third-order valence-corrected chi connectivity index (χ3v) is 21.5. The Morgan fingerprint density at radius 3 is 1.36 bits per heavy atom. The molecule has 0 fully saturated rings. The fraction of sp³-hybridized carbons (Fsp3) is 0.131. The maximum atomic E-state index is 6.19. The molecule has 0 aliphatic carbocycles. The molecule has 6 aliphatic rings. The van der Waals surface area contributed by atoms with Crippen molar-refractivity contribution in [2.24, 2.45) is 14.1 Å². The molecule has 6 aliphatic heterocycles. The Hall–Kier alpha value is -13.0. The van der Waals surface area contributed by atoms with E-state index in [9.17, 15) is 0 Å². The summed E-state index contributed by atoms with van der Waals surface area (Å²) in [7, 11) is 12.6. The molecule has 0 spiro atoms. The van der Waals surface area contributed by atoms with Gasteiger partial charge in [0.1, 0.15) is 61.5 Å². The lowest BCUT2D eigenvalue weighted by molar-refractivity contribution is -0.632. The number of aromatic nitrogens is 7. The van der Waals surface area contributed by atoms with Crippen molar-refractivity contribution in [3.8, 4) is 5.69 Å². The van der Waals surface area contributed by atoms with E-state index in [0.29, 0.717) is 0 Å². The van der Waals surface area contributed by atoms with Gasteiger partial charge in [0.25, 0.3) is 5.82 Å². The zero-order chi connectivity index (χ0) is 72.7. The minimum absolute atomic E-state index is 0.0183. The van der Waals surface area contributed by atoms with Crippen LogP contribution >= 0.6 is 0 Å². The highest BCUT2D eigenvalue weighted by Crippen LogP contribution is 2.44. The number of nitrogens with zero attached hydrogens (tertiary/aromatic N) is 15. The fourth-order valence-electron chi connectivity index (χ4n) is 16.1. The molecule has 0 amide bonds. The van der Waals surface area contributed by atoms with Crippen molar-refractivity contribution < 1.29 is 26.8 Å². The molecule has 19 nitrogen and oxygen atoms in total. The van der Waals surface area contributed by atoms with E-state index in [1.54, 1.807) is 12.4 Å². The maximum Gasteiger partial charge on any atom is 0.672 e. The van der Waals surface area contributed by atoms with Crippen molar-refractivity contribution in [3.63, 3.8) is 0 Å². The van der Waals surface area contributed by atoms with Gasteiger partial charge in [0.15, 0.2) is 23.7 Å². The summed E-state index contributed by atoms with van der Waals surface area (Å²) in [5.74, 6) is 12.7. The van der Waals surface area contributed by atoms with E-state index < -0.39 is 0 Å². The number of hydrogen-bond donors (Lipinski definition) is 0. The van der Waals surface area contributed by atoms with E-state index in [2.05, 4.69) is 282 Å². The molecular formula is C84H77B4N15O4+2. The third kappa shape index (κ3) is 11.5. The normalized spacial score (nSPS) is 15.9. The van der Waals surface area contributed by atoms with Crippen molar-refractivity contribution in [1.82, 2.24) is 43.4 Å². The number of rotatable bonds is 7.